The number of halogens is 2. The van der Waals surface area contributed by atoms with Gasteiger partial charge < -0.3 is 15.2 Å². The first kappa shape index (κ1) is 16.4. The van der Waals surface area contributed by atoms with E-state index in [1.54, 1.807) is 0 Å². The number of thiazole rings is 1. The van der Waals surface area contributed by atoms with Crippen LogP contribution >= 0.6 is 11.3 Å². The van der Waals surface area contributed by atoms with Crippen LogP contribution < -0.4 is 5.32 Å². The van der Waals surface area contributed by atoms with Crippen LogP contribution in [0.1, 0.15) is 21.9 Å². The van der Waals surface area contributed by atoms with Gasteiger partial charge in [0.2, 0.25) is 5.91 Å². The number of aromatic nitrogens is 1. The highest BCUT2D eigenvalue weighted by atomic mass is 32.1. The van der Waals surface area contributed by atoms with Crippen molar-refractivity contribution in [1.82, 2.24) is 10.3 Å². The van der Waals surface area contributed by atoms with E-state index in [4.69, 9.17) is 5.11 Å². The molecular formula is C11H14F2N2O4S. The highest BCUT2D eigenvalue weighted by molar-refractivity contribution is 7.09. The Kier molecular flexibility index (Phi) is 7.02. The van der Waals surface area contributed by atoms with Crippen LogP contribution in [0.3, 0.4) is 0 Å². The number of hydrogen-bond acceptors (Lipinski definition) is 5. The summed E-state index contributed by atoms with van der Waals surface area (Å²) in [5, 5.41) is 13.3. The van der Waals surface area contributed by atoms with Crippen LogP contribution in [0.2, 0.25) is 0 Å². The molecule has 1 heterocycles. The first-order chi connectivity index (χ1) is 9.49. The fourth-order valence-electron chi connectivity index (χ4n) is 1.26. The van der Waals surface area contributed by atoms with Crippen LogP contribution in [0.5, 0.6) is 0 Å². The van der Waals surface area contributed by atoms with Crippen molar-refractivity contribution in [3.8, 4) is 0 Å². The molecule has 1 amide bonds. The van der Waals surface area contributed by atoms with Crippen molar-refractivity contribution >= 4 is 23.2 Å². The van der Waals surface area contributed by atoms with Crippen molar-refractivity contribution < 1.29 is 28.2 Å². The predicted octanol–water partition coefficient (Wildman–Crippen LogP) is 1.17. The average Bonchev–Trinajstić information content (AvgIpc) is 2.83. The quantitative estimate of drug-likeness (QED) is 0.669. The van der Waals surface area contributed by atoms with Gasteiger partial charge in [-0.05, 0) is 0 Å². The largest absolute Gasteiger partial charge is 0.476 e. The first-order valence-corrected chi connectivity index (χ1v) is 6.67. The van der Waals surface area contributed by atoms with Gasteiger partial charge in [-0.3, -0.25) is 4.79 Å². The Labute approximate surface area is 117 Å². The number of carboxylic acid groups (broad SMARTS) is 1. The maximum absolute atomic E-state index is 11.7. The van der Waals surface area contributed by atoms with Crippen LogP contribution in [0, 0.1) is 0 Å². The Morgan fingerprint density at radius 3 is 2.85 bits per heavy atom. The molecule has 112 valence electrons. The Morgan fingerprint density at radius 1 is 1.50 bits per heavy atom. The average molecular weight is 308 g/mol. The number of carboxylic acids is 1. The lowest BCUT2D eigenvalue weighted by molar-refractivity contribution is -0.122. The molecule has 0 bridgehead atoms. The van der Waals surface area contributed by atoms with Crippen molar-refractivity contribution in [3.63, 3.8) is 0 Å². The number of amides is 1. The minimum absolute atomic E-state index is 0.00493. The van der Waals surface area contributed by atoms with Gasteiger partial charge in [-0.15, -0.1) is 11.3 Å². The van der Waals surface area contributed by atoms with Gasteiger partial charge in [-0.25, -0.2) is 18.6 Å². The smallest absolute Gasteiger partial charge is 0.355 e. The summed E-state index contributed by atoms with van der Waals surface area (Å²) in [6.45, 7) is -0.429. The summed E-state index contributed by atoms with van der Waals surface area (Å²) in [6.07, 6.45) is -2.11. The van der Waals surface area contributed by atoms with E-state index >= 15 is 0 Å². The molecule has 9 heteroatoms. The minimum Gasteiger partial charge on any atom is -0.476 e. The van der Waals surface area contributed by atoms with E-state index in [0.717, 1.165) is 0 Å². The molecule has 0 fully saturated rings. The van der Waals surface area contributed by atoms with E-state index in [1.165, 1.54) is 16.7 Å². The number of hydrogen-bond donors (Lipinski definition) is 2. The third kappa shape index (κ3) is 6.53. The summed E-state index contributed by atoms with van der Waals surface area (Å²) < 4.78 is 28.0. The first-order valence-electron chi connectivity index (χ1n) is 5.79. The minimum atomic E-state index is -2.54. The van der Waals surface area contributed by atoms with Gasteiger partial charge in [0.25, 0.3) is 6.43 Å². The molecular weight excluding hydrogens is 294 g/mol. The number of ether oxygens (including phenoxy) is 1. The Bertz CT molecular complexity index is 453. The zero-order chi connectivity index (χ0) is 15.0. The number of aromatic carboxylic acids is 1. The highest BCUT2D eigenvalue weighted by Gasteiger charge is 2.09. The fraction of sp³-hybridized carbons (Fsp3) is 0.545. The molecule has 0 unspecified atom stereocenters. The second-order valence-electron chi connectivity index (χ2n) is 3.75. The van der Waals surface area contributed by atoms with E-state index < -0.39 is 19.0 Å². The van der Waals surface area contributed by atoms with Gasteiger partial charge in [-0.2, -0.15) is 0 Å². The lowest BCUT2D eigenvalue weighted by Gasteiger charge is -2.05. The van der Waals surface area contributed by atoms with E-state index in [9.17, 15) is 18.4 Å². The molecule has 0 aliphatic heterocycles. The molecule has 1 aromatic heterocycles. The van der Waals surface area contributed by atoms with Crippen LogP contribution in [0.4, 0.5) is 8.78 Å². The molecule has 0 radical (unpaired) electrons. The summed E-state index contributed by atoms with van der Waals surface area (Å²) in [5.41, 5.74) is -0.0169. The summed E-state index contributed by atoms with van der Waals surface area (Å²) in [6, 6.07) is 0. The molecule has 0 aliphatic carbocycles. The third-order valence-electron chi connectivity index (χ3n) is 2.15. The van der Waals surface area contributed by atoms with E-state index in [0.29, 0.717) is 18.0 Å². The molecule has 0 aromatic carbocycles. The van der Waals surface area contributed by atoms with Gasteiger partial charge >= 0.3 is 5.97 Å². The molecule has 1 rings (SSSR count). The molecule has 0 spiro atoms. The van der Waals surface area contributed by atoms with Gasteiger partial charge in [0, 0.05) is 24.8 Å². The summed E-state index contributed by atoms with van der Waals surface area (Å²) >= 11 is 1.20. The Morgan fingerprint density at radius 2 is 2.25 bits per heavy atom. The maximum Gasteiger partial charge on any atom is 0.355 e. The Hall–Kier alpha value is -1.61. The normalized spacial score (nSPS) is 10.8. The molecule has 20 heavy (non-hydrogen) atoms. The lowest BCUT2D eigenvalue weighted by atomic mass is 10.4. The van der Waals surface area contributed by atoms with Gasteiger partial charge in [-0.1, -0.05) is 0 Å². The van der Waals surface area contributed by atoms with Gasteiger partial charge in [0.1, 0.15) is 6.61 Å². The fourth-order valence-corrected chi connectivity index (χ4v) is 2.03. The third-order valence-corrected chi connectivity index (χ3v) is 3.06. The highest BCUT2D eigenvalue weighted by Crippen LogP contribution is 2.09. The van der Waals surface area contributed by atoms with Crippen molar-refractivity contribution in [2.45, 2.75) is 19.3 Å². The van der Waals surface area contributed by atoms with Crippen LogP contribution in [0.15, 0.2) is 5.38 Å². The van der Waals surface area contributed by atoms with Crippen LogP contribution in [-0.2, 0) is 16.0 Å². The van der Waals surface area contributed by atoms with Gasteiger partial charge in [0.15, 0.2) is 5.69 Å². The second kappa shape index (κ2) is 8.54. The molecule has 2 N–H and O–H groups in total. The van der Waals surface area contributed by atoms with Gasteiger partial charge in [0.05, 0.1) is 11.6 Å². The van der Waals surface area contributed by atoms with E-state index in [2.05, 4.69) is 15.0 Å². The van der Waals surface area contributed by atoms with Crippen molar-refractivity contribution in [2.24, 2.45) is 0 Å². The van der Waals surface area contributed by atoms with Crippen molar-refractivity contribution in [2.75, 3.05) is 19.8 Å². The summed E-state index contributed by atoms with van der Waals surface area (Å²) in [4.78, 5) is 25.8. The summed E-state index contributed by atoms with van der Waals surface area (Å²) in [5.74, 6) is -1.40. The Balaban J connectivity index is 2.13. The zero-order valence-electron chi connectivity index (χ0n) is 10.5. The number of nitrogens with one attached hydrogen (secondary N) is 1. The van der Waals surface area contributed by atoms with Crippen molar-refractivity contribution in [3.05, 3.63) is 16.1 Å². The molecule has 0 saturated heterocycles. The van der Waals surface area contributed by atoms with Crippen LogP contribution in [-0.4, -0.2) is 48.2 Å². The molecule has 0 saturated carbocycles. The van der Waals surface area contributed by atoms with Crippen molar-refractivity contribution in [1.29, 1.82) is 0 Å². The number of carbonyl (C=O) groups excluding carboxylic acids is 1. The zero-order valence-corrected chi connectivity index (χ0v) is 11.3. The second-order valence-corrected chi connectivity index (χ2v) is 4.69. The monoisotopic (exact) mass is 308 g/mol. The molecule has 1 aromatic rings. The van der Waals surface area contributed by atoms with E-state index in [-0.39, 0.29) is 24.6 Å². The maximum atomic E-state index is 11.7. The number of carbonyl (C=O) groups is 2. The summed E-state index contributed by atoms with van der Waals surface area (Å²) in [7, 11) is 0. The number of nitrogens with zero attached hydrogens (tertiary/aromatic N) is 1. The topological polar surface area (TPSA) is 88.5 Å². The van der Waals surface area contributed by atoms with E-state index in [1.807, 2.05) is 0 Å². The lowest BCUT2D eigenvalue weighted by Crippen LogP contribution is -2.26. The SMILES string of the molecule is O=C(CCOCC(F)F)NCCc1nc(C(=O)O)cs1. The van der Waals surface area contributed by atoms with Crippen LogP contribution in [0.25, 0.3) is 0 Å². The number of rotatable bonds is 9. The molecule has 0 aliphatic rings. The molecule has 6 nitrogen and oxygen atoms in total. The number of alkyl halides is 2. The standard InChI is InChI=1S/C11H14F2N2O4S/c12-8(13)5-19-4-2-9(16)14-3-1-10-15-7(6-20-10)11(17)18/h6,8H,1-5H2,(H,14,16)(H,17,18). The molecule has 0 atom stereocenters. The predicted molar refractivity (Wildman–Crippen MR) is 67.2 cm³/mol.